The summed E-state index contributed by atoms with van der Waals surface area (Å²) in [6, 6.07) is 5.59. The van der Waals surface area contributed by atoms with Crippen LogP contribution in [0.4, 0.5) is 17.6 Å². The maximum Gasteiger partial charge on any atom is 0.411 e. The smallest absolute Gasteiger partial charge is 0.362 e. The van der Waals surface area contributed by atoms with E-state index in [2.05, 4.69) is 4.74 Å². The number of ether oxygens (including phenoxy) is 1. The maximum absolute atomic E-state index is 13.4. The molecule has 2 unspecified atom stereocenters. The molecule has 22 heavy (non-hydrogen) atoms. The van der Waals surface area contributed by atoms with Crippen molar-refractivity contribution in [2.45, 2.75) is 25.6 Å². The molecule has 1 aliphatic rings. The van der Waals surface area contributed by atoms with Crippen LogP contribution in [0.2, 0.25) is 0 Å². The molecule has 0 bridgehead atoms. The van der Waals surface area contributed by atoms with Gasteiger partial charge in [0.15, 0.2) is 0 Å². The van der Waals surface area contributed by atoms with Crippen molar-refractivity contribution in [3.05, 3.63) is 35.6 Å². The Balaban J connectivity index is 2.04. The van der Waals surface area contributed by atoms with E-state index in [1.165, 1.54) is 17.0 Å². The third-order valence-electron chi connectivity index (χ3n) is 3.70. The molecule has 0 spiro atoms. The fourth-order valence-electron chi connectivity index (χ4n) is 2.76. The highest BCUT2D eigenvalue weighted by molar-refractivity contribution is 5.78. The highest BCUT2D eigenvalue weighted by Crippen LogP contribution is 2.37. The number of rotatable bonds is 4. The van der Waals surface area contributed by atoms with Crippen LogP contribution < -0.4 is 0 Å². The zero-order valence-corrected chi connectivity index (χ0v) is 12.1. The average molecular weight is 319 g/mol. The summed E-state index contributed by atoms with van der Waals surface area (Å²) in [4.78, 5) is 13.6. The second kappa shape index (κ2) is 6.64. The zero-order valence-electron chi connectivity index (χ0n) is 12.1. The van der Waals surface area contributed by atoms with E-state index in [-0.39, 0.29) is 12.0 Å². The van der Waals surface area contributed by atoms with Gasteiger partial charge in [0, 0.05) is 6.54 Å². The molecule has 2 rings (SSSR count). The first-order chi connectivity index (χ1) is 10.3. The van der Waals surface area contributed by atoms with Crippen molar-refractivity contribution in [1.82, 2.24) is 4.90 Å². The molecule has 1 fully saturated rings. The van der Waals surface area contributed by atoms with Gasteiger partial charge in [-0.1, -0.05) is 19.1 Å². The predicted molar refractivity (Wildman–Crippen MR) is 71.5 cm³/mol. The summed E-state index contributed by atoms with van der Waals surface area (Å²) in [5.41, 5.74) is 0.647. The van der Waals surface area contributed by atoms with E-state index >= 15 is 0 Å². The Labute approximate surface area is 125 Å². The second-order valence-corrected chi connectivity index (χ2v) is 5.46. The monoisotopic (exact) mass is 319 g/mol. The fraction of sp³-hybridized carbons (Fsp3) is 0.533. The molecule has 0 aliphatic carbocycles. The molecular weight excluding hydrogens is 302 g/mol. The van der Waals surface area contributed by atoms with E-state index in [4.69, 9.17) is 0 Å². The van der Waals surface area contributed by atoms with Crippen LogP contribution in [-0.2, 0) is 9.53 Å². The van der Waals surface area contributed by atoms with Crippen LogP contribution in [-0.4, -0.2) is 36.7 Å². The molecule has 1 aromatic carbocycles. The second-order valence-electron chi connectivity index (χ2n) is 5.46. The van der Waals surface area contributed by atoms with Crippen molar-refractivity contribution in [2.24, 2.45) is 5.92 Å². The van der Waals surface area contributed by atoms with E-state index in [9.17, 15) is 22.4 Å². The van der Waals surface area contributed by atoms with Crippen molar-refractivity contribution < 1.29 is 27.1 Å². The number of amides is 1. The van der Waals surface area contributed by atoms with Gasteiger partial charge in [-0.25, -0.2) is 4.39 Å². The van der Waals surface area contributed by atoms with Gasteiger partial charge >= 0.3 is 6.18 Å². The van der Waals surface area contributed by atoms with Gasteiger partial charge in [0.05, 0.1) is 6.04 Å². The molecule has 0 aromatic heterocycles. The molecule has 0 saturated carbocycles. The molecule has 1 amide bonds. The Morgan fingerprint density at radius 1 is 1.41 bits per heavy atom. The van der Waals surface area contributed by atoms with Crippen molar-refractivity contribution in [1.29, 1.82) is 0 Å². The van der Waals surface area contributed by atoms with Gasteiger partial charge in [-0.05, 0) is 30.0 Å². The summed E-state index contributed by atoms with van der Waals surface area (Å²) in [5, 5.41) is 0. The lowest BCUT2D eigenvalue weighted by atomic mass is 9.95. The SMILES string of the molecule is CC1CCN(C(=O)COCC(F)(F)F)C1c1cccc(F)c1. The lowest BCUT2D eigenvalue weighted by molar-refractivity contribution is -0.178. The largest absolute Gasteiger partial charge is 0.411 e. The number of hydrogen-bond donors (Lipinski definition) is 0. The van der Waals surface area contributed by atoms with Crippen LogP contribution in [0.15, 0.2) is 24.3 Å². The Bertz CT molecular complexity index is 533. The minimum Gasteiger partial charge on any atom is -0.362 e. The molecule has 2 atom stereocenters. The number of nitrogens with zero attached hydrogens (tertiary/aromatic N) is 1. The highest BCUT2D eigenvalue weighted by atomic mass is 19.4. The molecule has 122 valence electrons. The van der Waals surface area contributed by atoms with Gasteiger partial charge in [-0.15, -0.1) is 0 Å². The number of carbonyl (C=O) groups is 1. The topological polar surface area (TPSA) is 29.5 Å². The number of hydrogen-bond acceptors (Lipinski definition) is 2. The summed E-state index contributed by atoms with van der Waals surface area (Å²) in [6.07, 6.45) is -3.74. The van der Waals surface area contributed by atoms with Gasteiger partial charge in [0.25, 0.3) is 0 Å². The first-order valence-corrected chi connectivity index (χ1v) is 6.97. The maximum atomic E-state index is 13.4. The first kappa shape index (κ1) is 16.7. The van der Waals surface area contributed by atoms with Gasteiger partial charge < -0.3 is 9.64 Å². The standard InChI is InChI=1S/C15H17F4NO2/c1-10-5-6-20(13(21)8-22-9-15(17,18)19)14(10)11-3-2-4-12(16)7-11/h2-4,7,10,14H,5-6,8-9H2,1H3. The van der Waals surface area contributed by atoms with E-state index in [0.717, 1.165) is 0 Å². The number of alkyl halides is 3. The molecule has 1 aromatic rings. The summed E-state index contributed by atoms with van der Waals surface area (Å²) in [7, 11) is 0. The number of likely N-dealkylation sites (tertiary alicyclic amines) is 1. The summed E-state index contributed by atoms with van der Waals surface area (Å²) < 4.78 is 53.9. The minimum atomic E-state index is -4.46. The van der Waals surface area contributed by atoms with Crippen molar-refractivity contribution in [3.8, 4) is 0 Å². The normalized spacial score (nSPS) is 22.1. The lowest BCUT2D eigenvalue weighted by Crippen LogP contribution is -2.35. The number of benzene rings is 1. The summed E-state index contributed by atoms with van der Waals surface area (Å²) >= 11 is 0. The Morgan fingerprint density at radius 3 is 2.77 bits per heavy atom. The summed E-state index contributed by atoms with van der Waals surface area (Å²) in [6.45, 7) is 0.279. The third-order valence-corrected chi connectivity index (χ3v) is 3.70. The molecule has 1 aliphatic heterocycles. The van der Waals surface area contributed by atoms with Gasteiger partial charge in [0.2, 0.25) is 5.91 Å². The van der Waals surface area contributed by atoms with Gasteiger partial charge in [0.1, 0.15) is 19.0 Å². The average Bonchev–Trinajstić information content (AvgIpc) is 2.79. The van der Waals surface area contributed by atoms with Crippen molar-refractivity contribution >= 4 is 5.91 Å². The lowest BCUT2D eigenvalue weighted by Gasteiger charge is -2.27. The number of carbonyl (C=O) groups excluding carboxylic acids is 1. The van der Waals surface area contributed by atoms with Crippen LogP contribution in [0.25, 0.3) is 0 Å². The van der Waals surface area contributed by atoms with Gasteiger partial charge in [-0.3, -0.25) is 4.79 Å². The van der Waals surface area contributed by atoms with E-state index in [1.807, 2.05) is 6.92 Å². The molecule has 7 heteroatoms. The van der Waals surface area contributed by atoms with E-state index in [1.54, 1.807) is 12.1 Å². The van der Waals surface area contributed by atoms with Crippen molar-refractivity contribution in [3.63, 3.8) is 0 Å². The molecule has 0 N–H and O–H groups in total. The zero-order chi connectivity index (χ0) is 16.3. The molecule has 1 heterocycles. The van der Waals surface area contributed by atoms with Crippen LogP contribution in [0, 0.1) is 11.7 Å². The molecule has 3 nitrogen and oxygen atoms in total. The van der Waals surface area contributed by atoms with Crippen LogP contribution in [0.3, 0.4) is 0 Å². The molecular formula is C15H17F4NO2. The van der Waals surface area contributed by atoms with Gasteiger partial charge in [-0.2, -0.15) is 13.2 Å². The van der Waals surface area contributed by atoms with Crippen molar-refractivity contribution in [2.75, 3.05) is 19.8 Å². The Morgan fingerprint density at radius 2 is 2.14 bits per heavy atom. The first-order valence-electron chi connectivity index (χ1n) is 6.97. The highest BCUT2D eigenvalue weighted by Gasteiger charge is 2.36. The summed E-state index contributed by atoms with van der Waals surface area (Å²) in [5.74, 6) is -0.812. The van der Waals surface area contributed by atoms with Crippen LogP contribution in [0.1, 0.15) is 24.9 Å². The minimum absolute atomic E-state index is 0.105. The molecule has 0 radical (unpaired) electrons. The Hall–Kier alpha value is -1.63. The Kier molecular flexibility index (Phi) is 5.05. The fourth-order valence-corrected chi connectivity index (χ4v) is 2.76. The third kappa shape index (κ3) is 4.19. The van der Waals surface area contributed by atoms with E-state index < -0.39 is 31.1 Å². The predicted octanol–water partition coefficient (Wildman–Crippen LogP) is 3.31. The van der Waals surface area contributed by atoms with E-state index in [0.29, 0.717) is 18.5 Å². The van der Waals surface area contributed by atoms with Crippen LogP contribution >= 0.6 is 0 Å². The van der Waals surface area contributed by atoms with Crippen LogP contribution in [0.5, 0.6) is 0 Å². The molecule has 1 saturated heterocycles. The number of halogens is 4. The quantitative estimate of drug-likeness (QED) is 0.797.